The average molecular weight is 304 g/mol. The molecule has 0 aliphatic heterocycles. The van der Waals surface area contributed by atoms with Crippen LogP contribution in [-0.4, -0.2) is 37.5 Å². The third-order valence-corrected chi connectivity index (χ3v) is 2.47. The smallest absolute Gasteiger partial charge is 0.413 e. The monoisotopic (exact) mass is 304 g/mol. The lowest BCUT2D eigenvalue weighted by molar-refractivity contribution is 0.0635. The summed E-state index contributed by atoms with van der Waals surface area (Å²) in [7, 11) is 0. The van der Waals surface area contributed by atoms with Gasteiger partial charge in [0.05, 0.1) is 11.9 Å². The van der Waals surface area contributed by atoms with E-state index in [1.54, 1.807) is 39.1 Å². The summed E-state index contributed by atoms with van der Waals surface area (Å²) >= 11 is 0. The van der Waals surface area contributed by atoms with Crippen molar-refractivity contribution in [3.05, 3.63) is 36.3 Å². The normalized spacial score (nSPS) is 11.0. The summed E-state index contributed by atoms with van der Waals surface area (Å²) in [6.45, 7) is 5.12. The quantitative estimate of drug-likeness (QED) is 0.901. The van der Waals surface area contributed by atoms with Crippen molar-refractivity contribution in [1.29, 1.82) is 0 Å². The number of carboxylic acid groups (broad SMARTS) is 1. The summed E-state index contributed by atoms with van der Waals surface area (Å²) in [5, 5.41) is 15.6. The first kappa shape index (κ1) is 15.5. The number of rotatable bonds is 3. The van der Waals surface area contributed by atoms with Crippen LogP contribution in [0.15, 0.2) is 30.7 Å². The summed E-state index contributed by atoms with van der Waals surface area (Å²) in [6, 6.07) is 3.40. The van der Waals surface area contributed by atoms with Crippen molar-refractivity contribution in [3.63, 3.8) is 0 Å². The number of pyridine rings is 1. The molecule has 0 saturated carbocycles. The Kier molecular flexibility index (Phi) is 4.11. The molecule has 1 amide bonds. The highest BCUT2D eigenvalue weighted by atomic mass is 16.6. The molecule has 0 radical (unpaired) electrons. The molecule has 0 aromatic carbocycles. The number of carbonyl (C=O) groups excluding carboxylic acids is 1. The second-order valence-corrected chi connectivity index (χ2v) is 5.48. The minimum absolute atomic E-state index is 0.0920. The number of ether oxygens (including phenoxy) is 1. The van der Waals surface area contributed by atoms with Crippen molar-refractivity contribution in [2.45, 2.75) is 26.4 Å². The Morgan fingerprint density at radius 1 is 1.36 bits per heavy atom. The Morgan fingerprint density at radius 2 is 2.09 bits per heavy atom. The van der Waals surface area contributed by atoms with Crippen molar-refractivity contribution >= 4 is 17.9 Å². The standard InChI is InChI=1S/C14H16N4O4/c1-14(2,3)22-13(21)16-11-10(12(19)20)8-18(17-11)9-5-4-6-15-7-9/h4-8H,1-3H3,(H,19,20)(H,16,17,21). The van der Waals surface area contributed by atoms with E-state index in [2.05, 4.69) is 15.4 Å². The number of aromatic carboxylic acids is 1. The number of anilines is 1. The molecule has 2 aromatic rings. The lowest BCUT2D eigenvalue weighted by Crippen LogP contribution is -2.27. The second-order valence-electron chi connectivity index (χ2n) is 5.48. The van der Waals surface area contributed by atoms with E-state index in [4.69, 9.17) is 4.74 Å². The van der Waals surface area contributed by atoms with E-state index in [9.17, 15) is 14.7 Å². The molecule has 8 heteroatoms. The predicted octanol–water partition coefficient (Wildman–Crippen LogP) is 2.31. The van der Waals surface area contributed by atoms with Gasteiger partial charge in [-0.1, -0.05) is 0 Å². The van der Waals surface area contributed by atoms with Gasteiger partial charge in [0.1, 0.15) is 11.2 Å². The molecule has 0 fully saturated rings. The minimum Gasteiger partial charge on any atom is -0.477 e. The number of carboxylic acids is 1. The fourth-order valence-corrected chi connectivity index (χ4v) is 1.64. The van der Waals surface area contributed by atoms with Crippen molar-refractivity contribution in [2.24, 2.45) is 0 Å². The molecular formula is C14H16N4O4. The average Bonchev–Trinajstić information content (AvgIpc) is 2.81. The summed E-state index contributed by atoms with van der Waals surface area (Å²) in [6.07, 6.45) is 3.64. The molecule has 0 atom stereocenters. The minimum atomic E-state index is -1.21. The lowest BCUT2D eigenvalue weighted by Gasteiger charge is -2.19. The first-order valence-corrected chi connectivity index (χ1v) is 6.49. The molecule has 0 saturated heterocycles. The fourth-order valence-electron chi connectivity index (χ4n) is 1.64. The van der Waals surface area contributed by atoms with Crippen molar-refractivity contribution in [3.8, 4) is 5.69 Å². The number of nitrogens with zero attached hydrogens (tertiary/aromatic N) is 3. The van der Waals surface area contributed by atoms with Gasteiger partial charge in [-0.2, -0.15) is 0 Å². The van der Waals surface area contributed by atoms with Crippen molar-refractivity contribution in [2.75, 3.05) is 5.32 Å². The first-order valence-electron chi connectivity index (χ1n) is 6.49. The molecule has 0 aliphatic carbocycles. The van der Waals surface area contributed by atoms with Crippen LogP contribution in [0.2, 0.25) is 0 Å². The molecule has 0 bridgehead atoms. The third kappa shape index (κ3) is 3.81. The summed E-state index contributed by atoms with van der Waals surface area (Å²) in [4.78, 5) is 27.0. The maximum atomic E-state index is 11.8. The highest BCUT2D eigenvalue weighted by molar-refractivity contribution is 5.97. The summed E-state index contributed by atoms with van der Waals surface area (Å²) in [5.41, 5.74) is -0.267. The zero-order valence-corrected chi connectivity index (χ0v) is 12.4. The molecule has 2 aromatic heterocycles. The van der Waals surface area contributed by atoms with Crippen LogP contribution in [-0.2, 0) is 4.74 Å². The Hall–Kier alpha value is -2.90. The highest BCUT2D eigenvalue weighted by Gasteiger charge is 2.22. The largest absolute Gasteiger partial charge is 0.477 e. The molecule has 0 spiro atoms. The van der Waals surface area contributed by atoms with Gasteiger partial charge >= 0.3 is 12.1 Å². The van der Waals surface area contributed by atoms with Crippen LogP contribution in [0.5, 0.6) is 0 Å². The number of hydrogen-bond donors (Lipinski definition) is 2. The van der Waals surface area contributed by atoms with Gasteiger partial charge in [-0.15, -0.1) is 5.10 Å². The number of nitrogens with one attached hydrogen (secondary N) is 1. The van der Waals surface area contributed by atoms with E-state index in [-0.39, 0.29) is 11.4 Å². The van der Waals surface area contributed by atoms with E-state index in [0.29, 0.717) is 5.69 Å². The molecule has 8 nitrogen and oxygen atoms in total. The van der Waals surface area contributed by atoms with Crippen LogP contribution in [0.1, 0.15) is 31.1 Å². The molecule has 2 heterocycles. The Labute approximate surface area is 126 Å². The maximum Gasteiger partial charge on any atom is 0.413 e. The maximum absolute atomic E-state index is 11.8. The number of amides is 1. The number of aromatic nitrogens is 3. The van der Waals surface area contributed by atoms with Crippen LogP contribution in [0.3, 0.4) is 0 Å². The fraction of sp³-hybridized carbons (Fsp3) is 0.286. The molecule has 0 aliphatic rings. The van der Waals surface area contributed by atoms with Gasteiger partial charge in [0, 0.05) is 12.4 Å². The Bertz CT molecular complexity index is 689. The van der Waals surface area contributed by atoms with Crippen LogP contribution in [0.25, 0.3) is 5.69 Å². The van der Waals surface area contributed by atoms with Crippen LogP contribution in [0.4, 0.5) is 10.6 Å². The van der Waals surface area contributed by atoms with Crippen LogP contribution in [0, 0.1) is 0 Å². The van der Waals surface area contributed by atoms with E-state index >= 15 is 0 Å². The predicted molar refractivity (Wildman–Crippen MR) is 78.2 cm³/mol. The molecular weight excluding hydrogens is 288 g/mol. The lowest BCUT2D eigenvalue weighted by atomic mass is 10.2. The van der Waals surface area contributed by atoms with E-state index in [1.165, 1.54) is 17.1 Å². The Balaban J connectivity index is 2.29. The van der Waals surface area contributed by atoms with Crippen LogP contribution >= 0.6 is 0 Å². The SMILES string of the molecule is CC(C)(C)OC(=O)Nc1nn(-c2cccnc2)cc1C(=O)O. The van der Waals surface area contributed by atoms with Gasteiger partial charge < -0.3 is 9.84 Å². The summed E-state index contributed by atoms with van der Waals surface area (Å²) in [5.74, 6) is -1.30. The zero-order chi connectivity index (χ0) is 16.3. The molecule has 0 unspecified atom stereocenters. The van der Waals surface area contributed by atoms with Gasteiger partial charge in [0.2, 0.25) is 0 Å². The topological polar surface area (TPSA) is 106 Å². The van der Waals surface area contributed by atoms with Crippen molar-refractivity contribution in [1.82, 2.24) is 14.8 Å². The third-order valence-electron chi connectivity index (χ3n) is 2.47. The van der Waals surface area contributed by atoms with Gasteiger partial charge in [0.15, 0.2) is 5.82 Å². The Morgan fingerprint density at radius 3 is 2.64 bits per heavy atom. The van der Waals surface area contributed by atoms with E-state index < -0.39 is 17.7 Å². The molecule has 2 rings (SSSR count). The van der Waals surface area contributed by atoms with Gasteiger partial charge in [-0.3, -0.25) is 10.3 Å². The van der Waals surface area contributed by atoms with Crippen LogP contribution < -0.4 is 5.32 Å². The highest BCUT2D eigenvalue weighted by Crippen LogP contribution is 2.18. The summed E-state index contributed by atoms with van der Waals surface area (Å²) < 4.78 is 6.41. The van der Waals surface area contributed by atoms with E-state index in [1.807, 2.05) is 0 Å². The molecule has 22 heavy (non-hydrogen) atoms. The number of carbonyl (C=O) groups is 2. The van der Waals surface area contributed by atoms with Gasteiger partial charge in [-0.25, -0.2) is 14.3 Å². The van der Waals surface area contributed by atoms with E-state index in [0.717, 1.165) is 0 Å². The van der Waals surface area contributed by atoms with Gasteiger partial charge in [-0.05, 0) is 32.9 Å². The molecule has 116 valence electrons. The first-order chi connectivity index (χ1) is 10.3. The second kappa shape index (κ2) is 5.84. The number of hydrogen-bond acceptors (Lipinski definition) is 5. The van der Waals surface area contributed by atoms with Gasteiger partial charge in [0.25, 0.3) is 0 Å². The molecule has 2 N–H and O–H groups in total. The zero-order valence-electron chi connectivity index (χ0n) is 12.4. The van der Waals surface area contributed by atoms with Crippen molar-refractivity contribution < 1.29 is 19.4 Å².